The van der Waals surface area contributed by atoms with Gasteiger partial charge in [-0.25, -0.2) is 15.0 Å². The van der Waals surface area contributed by atoms with Crippen LogP contribution in [0, 0.1) is 6.92 Å². The quantitative estimate of drug-likeness (QED) is 0.677. The molecule has 0 aliphatic rings. The third kappa shape index (κ3) is 2.18. The second kappa shape index (κ2) is 5.06. The number of imidazole rings is 1. The molecule has 2 aromatic heterocycles. The monoisotopic (exact) mass is 284 g/mol. The van der Waals surface area contributed by atoms with E-state index in [9.17, 15) is 0 Å². The van der Waals surface area contributed by atoms with Gasteiger partial charge >= 0.3 is 0 Å². The fraction of sp³-hybridized carbons (Fsp3) is 0.133. The first-order chi connectivity index (χ1) is 9.66. The van der Waals surface area contributed by atoms with Crippen molar-refractivity contribution in [3.8, 4) is 22.9 Å². The van der Waals surface area contributed by atoms with Gasteiger partial charge < -0.3 is 4.57 Å². The molecule has 1 aromatic carbocycles. The molecule has 0 saturated carbocycles. The maximum absolute atomic E-state index is 6.25. The van der Waals surface area contributed by atoms with Crippen molar-refractivity contribution in [3.05, 3.63) is 53.4 Å². The predicted molar refractivity (Wildman–Crippen MR) is 79.4 cm³/mol. The Hall–Kier alpha value is -2.20. The third-order valence-corrected chi connectivity index (χ3v) is 3.52. The zero-order chi connectivity index (χ0) is 14.1. The summed E-state index contributed by atoms with van der Waals surface area (Å²) in [5, 5.41) is 0.455. The lowest BCUT2D eigenvalue weighted by atomic mass is 10.1. The molecule has 100 valence electrons. The van der Waals surface area contributed by atoms with E-state index in [0.29, 0.717) is 16.8 Å². The zero-order valence-corrected chi connectivity index (χ0v) is 12.0. The normalized spacial score (nSPS) is 10.8. The summed E-state index contributed by atoms with van der Waals surface area (Å²) in [5.41, 5.74) is 2.73. The SMILES string of the molecule is Cc1c(Cl)nc(-c2nccn2C)nc1-c1ccccc1. The van der Waals surface area contributed by atoms with Crippen LogP contribution in [-0.2, 0) is 7.05 Å². The number of nitrogens with zero attached hydrogens (tertiary/aromatic N) is 4. The summed E-state index contributed by atoms with van der Waals surface area (Å²) in [7, 11) is 1.90. The number of benzene rings is 1. The first-order valence-electron chi connectivity index (χ1n) is 6.24. The van der Waals surface area contributed by atoms with E-state index in [1.807, 2.05) is 55.1 Å². The molecule has 0 amide bonds. The van der Waals surface area contributed by atoms with Gasteiger partial charge in [0.1, 0.15) is 5.15 Å². The maximum atomic E-state index is 6.25. The highest BCUT2D eigenvalue weighted by molar-refractivity contribution is 6.30. The van der Waals surface area contributed by atoms with Crippen molar-refractivity contribution < 1.29 is 0 Å². The van der Waals surface area contributed by atoms with E-state index in [1.165, 1.54) is 0 Å². The lowest BCUT2D eigenvalue weighted by molar-refractivity contribution is 0.905. The molecular weight excluding hydrogens is 272 g/mol. The molecule has 3 rings (SSSR count). The molecule has 0 unspecified atom stereocenters. The molecule has 0 bridgehead atoms. The van der Waals surface area contributed by atoms with Crippen molar-refractivity contribution in [2.24, 2.45) is 7.05 Å². The van der Waals surface area contributed by atoms with Crippen LogP contribution >= 0.6 is 11.6 Å². The Kier molecular flexibility index (Phi) is 3.24. The molecule has 0 aliphatic heterocycles. The van der Waals surface area contributed by atoms with E-state index in [2.05, 4.69) is 15.0 Å². The van der Waals surface area contributed by atoms with E-state index < -0.39 is 0 Å². The molecule has 4 nitrogen and oxygen atoms in total. The molecule has 0 aliphatic carbocycles. The van der Waals surface area contributed by atoms with Gasteiger partial charge in [0.05, 0.1) is 5.69 Å². The number of hydrogen-bond acceptors (Lipinski definition) is 3. The van der Waals surface area contributed by atoms with Crippen LogP contribution in [0.5, 0.6) is 0 Å². The fourth-order valence-electron chi connectivity index (χ4n) is 2.05. The van der Waals surface area contributed by atoms with Crippen LogP contribution in [0.1, 0.15) is 5.56 Å². The van der Waals surface area contributed by atoms with Crippen LogP contribution in [0.15, 0.2) is 42.7 Å². The Morgan fingerprint density at radius 1 is 1.10 bits per heavy atom. The Bertz CT molecular complexity index is 750. The maximum Gasteiger partial charge on any atom is 0.197 e. The summed E-state index contributed by atoms with van der Waals surface area (Å²) < 4.78 is 1.87. The average molecular weight is 285 g/mol. The van der Waals surface area contributed by atoms with Crippen LogP contribution in [0.2, 0.25) is 5.15 Å². The smallest absolute Gasteiger partial charge is 0.197 e. The lowest BCUT2D eigenvalue weighted by Gasteiger charge is -2.09. The lowest BCUT2D eigenvalue weighted by Crippen LogP contribution is -2.01. The van der Waals surface area contributed by atoms with Gasteiger partial charge in [0.2, 0.25) is 0 Å². The van der Waals surface area contributed by atoms with Crippen molar-refractivity contribution in [3.63, 3.8) is 0 Å². The van der Waals surface area contributed by atoms with E-state index in [1.54, 1.807) is 6.20 Å². The largest absolute Gasteiger partial charge is 0.331 e. The van der Waals surface area contributed by atoms with Crippen LogP contribution in [0.3, 0.4) is 0 Å². The van der Waals surface area contributed by atoms with E-state index in [4.69, 9.17) is 11.6 Å². The molecular formula is C15H13ClN4. The molecule has 0 radical (unpaired) electrons. The topological polar surface area (TPSA) is 43.6 Å². The molecule has 20 heavy (non-hydrogen) atoms. The van der Waals surface area contributed by atoms with E-state index in [-0.39, 0.29) is 0 Å². The molecule has 0 fully saturated rings. The van der Waals surface area contributed by atoms with Crippen molar-refractivity contribution >= 4 is 11.6 Å². The Morgan fingerprint density at radius 2 is 1.85 bits per heavy atom. The average Bonchev–Trinajstić information content (AvgIpc) is 2.89. The highest BCUT2D eigenvalue weighted by Gasteiger charge is 2.14. The Balaban J connectivity index is 2.21. The van der Waals surface area contributed by atoms with Crippen LogP contribution in [-0.4, -0.2) is 19.5 Å². The van der Waals surface area contributed by atoms with Crippen LogP contribution in [0.25, 0.3) is 22.9 Å². The zero-order valence-electron chi connectivity index (χ0n) is 11.2. The van der Waals surface area contributed by atoms with Gasteiger partial charge in [0, 0.05) is 30.6 Å². The first kappa shape index (κ1) is 12.8. The molecule has 5 heteroatoms. The number of rotatable bonds is 2. The molecule has 0 atom stereocenters. The minimum Gasteiger partial charge on any atom is -0.331 e. The molecule has 0 spiro atoms. The van der Waals surface area contributed by atoms with Crippen molar-refractivity contribution in [2.45, 2.75) is 6.92 Å². The van der Waals surface area contributed by atoms with Crippen LogP contribution in [0.4, 0.5) is 0 Å². The van der Waals surface area contributed by atoms with E-state index >= 15 is 0 Å². The first-order valence-corrected chi connectivity index (χ1v) is 6.62. The van der Waals surface area contributed by atoms with Gasteiger partial charge in [0.15, 0.2) is 11.6 Å². The van der Waals surface area contributed by atoms with Gasteiger partial charge in [-0.3, -0.25) is 0 Å². The standard InChI is InChI=1S/C15H13ClN4/c1-10-12(11-6-4-3-5-7-11)18-14(19-13(10)16)15-17-8-9-20(15)2/h3-9H,1-2H3. The summed E-state index contributed by atoms with van der Waals surface area (Å²) in [6.07, 6.45) is 3.57. The van der Waals surface area contributed by atoms with Crippen LogP contribution < -0.4 is 0 Å². The summed E-state index contributed by atoms with van der Waals surface area (Å²) in [6.45, 7) is 1.92. The number of hydrogen-bond donors (Lipinski definition) is 0. The van der Waals surface area contributed by atoms with Gasteiger partial charge in [0.25, 0.3) is 0 Å². The fourth-order valence-corrected chi connectivity index (χ4v) is 2.22. The molecule has 3 aromatic rings. The highest BCUT2D eigenvalue weighted by Crippen LogP contribution is 2.27. The second-order valence-electron chi connectivity index (χ2n) is 4.54. The number of halogens is 1. The summed E-state index contributed by atoms with van der Waals surface area (Å²) >= 11 is 6.25. The predicted octanol–water partition coefficient (Wildman–Crippen LogP) is 3.51. The van der Waals surface area contributed by atoms with Gasteiger partial charge in [-0.1, -0.05) is 41.9 Å². The van der Waals surface area contributed by atoms with Crippen molar-refractivity contribution in [1.82, 2.24) is 19.5 Å². The van der Waals surface area contributed by atoms with Crippen molar-refractivity contribution in [1.29, 1.82) is 0 Å². The summed E-state index contributed by atoms with van der Waals surface area (Å²) in [4.78, 5) is 13.2. The van der Waals surface area contributed by atoms with Crippen molar-refractivity contribution in [2.75, 3.05) is 0 Å². The minimum atomic E-state index is 0.455. The summed E-state index contributed by atoms with van der Waals surface area (Å²) in [5.74, 6) is 1.23. The minimum absolute atomic E-state index is 0.455. The highest BCUT2D eigenvalue weighted by atomic mass is 35.5. The second-order valence-corrected chi connectivity index (χ2v) is 4.90. The Labute approximate surface area is 122 Å². The molecule has 2 heterocycles. The van der Waals surface area contributed by atoms with Gasteiger partial charge in [-0.15, -0.1) is 0 Å². The number of aryl methyl sites for hydroxylation is 1. The van der Waals surface area contributed by atoms with Gasteiger partial charge in [-0.2, -0.15) is 0 Å². The Morgan fingerprint density at radius 3 is 2.50 bits per heavy atom. The van der Waals surface area contributed by atoms with Gasteiger partial charge in [-0.05, 0) is 6.92 Å². The molecule has 0 saturated heterocycles. The number of aromatic nitrogens is 4. The third-order valence-electron chi connectivity index (χ3n) is 3.15. The summed E-state index contributed by atoms with van der Waals surface area (Å²) in [6, 6.07) is 9.94. The van der Waals surface area contributed by atoms with E-state index in [0.717, 1.165) is 16.8 Å². The molecule has 0 N–H and O–H groups in total.